The standard InChI is InChI=1S/C10H22O.C9H20O.C8H18O/c1-2-3-4-5-6-7-8-9-10-11;1-2-3-4-5-6-7-8-9-10;1-2-3-4-5-6-7-8-9/h11H,2-10H2,1H3;10H,2-9H2,1H3;9H,2-8H2,1H3. The van der Waals surface area contributed by atoms with Gasteiger partial charge in [-0.3, -0.25) is 0 Å². The van der Waals surface area contributed by atoms with Gasteiger partial charge in [-0.05, 0) is 19.3 Å². The van der Waals surface area contributed by atoms with Gasteiger partial charge in [-0.1, -0.05) is 136 Å². The summed E-state index contributed by atoms with van der Waals surface area (Å²) in [5, 5.41) is 25.4. The van der Waals surface area contributed by atoms with Crippen LogP contribution in [0, 0.1) is 0 Å². The number of hydrogen-bond donors (Lipinski definition) is 3. The number of hydrogen-bond acceptors (Lipinski definition) is 3. The molecule has 3 heteroatoms. The molecule has 0 saturated carbocycles. The van der Waals surface area contributed by atoms with E-state index < -0.39 is 0 Å². The fourth-order valence-corrected chi connectivity index (χ4v) is 3.21. The van der Waals surface area contributed by atoms with Crippen molar-refractivity contribution in [2.45, 2.75) is 156 Å². The maximum atomic E-state index is 8.51. The van der Waals surface area contributed by atoms with E-state index in [4.69, 9.17) is 15.3 Å². The molecule has 0 radical (unpaired) electrons. The molecule has 186 valence electrons. The van der Waals surface area contributed by atoms with Crippen LogP contribution in [0.2, 0.25) is 0 Å². The van der Waals surface area contributed by atoms with Gasteiger partial charge in [0.2, 0.25) is 0 Å². The van der Waals surface area contributed by atoms with Crippen LogP contribution >= 0.6 is 0 Å². The molecule has 0 aliphatic heterocycles. The van der Waals surface area contributed by atoms with E-state index in [2.05, 4.69) is 20.8 Å². The summed E-state index contributed by atoms with van der Waals surface area (Å²) < 4.78 is 0. The quantitative estimate of drug-likeness (QED) is 0.160. The average Bonchev–Trinajstić information content (AvgIpc) is 2.76. The summed E-state index contributed by atoms with van der Waals surface area (Å²) in [7, 11) is 0. The summed E-state index contributed by atoms with van der Waals surface area (Å²) in [4.78, 5) is 0. The first-order chi connectivity index (χ1) is 14.7. The van der Waals surface area contributed by atoms with Gasteiger partial charge < -0.3 is 15.3 Å². The third kappa shape index (κ3) is 46.2. The van der Waals surface area contributed by atoms with Gasteiger partial charge in [0.25, 0.3) is 0 Å². The molecule has 0 fully saturated rings. The zero-order valence-electron chi connectivity index (χ0n) is 21.3. The minimum atomic E-state index is 0.367. The van der Waals surface area contributed by atoms with Crippen LogP contribution in [0.15, 0.2) is 0 Å². The number of rotatable bonds is 21. The third-order valence-electron chi connectivity index (χ3n) is 5.29. The van der Waals surface area contributed by atoms with E-state index in [-0.39, 0.29) is 0 Å². The van der Waals surface area contributed by atoms with Crippen LogP contribution in [0.4, 0.5) is 0 Å². The molecule has 0 aliphatic carbocycles. The summed E-state index contributed by atoms with van der Waals surface area (Å²) in [5.41, 5.74) is 0. The van der Waals surface area contributed by atoms with Crippen LogP contribution < -0.4 is 0 Å². The molecule has 0 rings (SSSR count). The molecule has 3 N–H and O–H groups in total. The van der Waals surface area contributed by atoms with Crippen molar-refractivity contribution in [1.29, 1.82) is 0 Å². The Hall–Kier alpha value is -0.120. The van der Waals surface area contributed by atoms with Gasteiger partial charge in [0.05, 0.1) is 0 Å². The van der Waals surface area contributed by atoms with Crippen LogP contribution in [0.1, 0.15) is 156 Å². The first kappa shape index (κ1) is 34.5. The molecular formula is C27H60O3. The predicted molar refractivity (Wildman–Crippen MR) is 135 cm³/mol. The van der Waals surface area contributed by atoms with Gasteiger partial charge in [-0.25, -0.2) is 0 Å². The van der Waals surface area contributed by atoms with Crippen LogP contribution in [-0.4, -0.2) is 35.1 Å². The lowest BCUT2D eigenvalue weighted by molar-refractivity contribution is 0.282. The average molecular weight is 433 g/mol. The molecular weight excluding hydrogens is 372 g/mol. The Bertz CT molecular complexity index is 212. The minimum absolute atomic E-state index is 0.367. The highest BCUT2D eigenvalue weighted by Gasteiger charge is 1.90. The van der Waals surface area contributed by atoms with Crippen molar-refractivity contribution in [2.24, 2.45) is 0 Å². The highest BCUT2D eigenvalue weighted by molar-refractivity contribution is 4.45. The lowest BCUT2D eigenvalue weighted by Crippen LogP contribution is -1.83. The maximum absolute atomic E-state index is 8.51. The molecule has 0 heterocycles. The molecule has 0 aromatic carbocycles. The summed E-state index contributed by atoms with van der Waals surface area (Å²) in [6, 6.07) is 0. The second kappa shape index (κ2) is 39.4. The van der Waals surface area contributed by atoms with Gasteiger partial charge in [-0.15, -0.1) is 0 Å². The monoisotopic (exact) mass is 432 g/mol. The molecule has 0 spiro atoms. The van der Waals surface area contributed by atoms with Crippen molar-refractivity contribution < 1.29 is 15.3 Å². The van der Waals surface area contributed by atoms with E-state index in [1.54, 1.807) is 0 Å². The molecule has 0 amide bonds. The van der Waals surface area contributed by atoms with Gasteiger partial charge in [-0.2, -0.15) is 0 Å². The fraction of sp³-hybridized carbons (Fsp3) is 1.00. The van der Waals surface area contributed by atoms with E-state index in [0.717, 1.165) is 19.3 Å². The summed E-state index contributed by atoms with van der Waals surface area (Å²) in [6.07, 6.45) is 26.8. The molecule has 0 atom stereocenters. The van der Waals surface area contributed by atoms with E-state index in [9.17, 15) is 0 Å². The highest BCUT2D eigenvalue weighted by Crippen LogP contribution is 2.08. The molecule has 0 aliphatic rings. The fourth-order valence-electron chi connectivity index (χ4n) is 3.21. The SMILES string of the molecule is CCCCCCCCCCO.CCCCCCCCCO.CCCCCCCCO. The zero-order chi connectivity index (χ0) is 23.0. The molecule has 3 nitrogen and oxygen atoms in total. The lowest BCUT2D eigenvalue weighted by Gasteiger charge is -1.98. The Morgan fingerprint density at radius 2 is 0.433 bits per heavy atom. The van der Waals surface area contributed by atoms with Crippen LogP contribution in [0.25, 0.3) is 0 Å². The Balaban J connectivity index is -0.000000366. The lowest BCUT2D eigenvalue weighted by atomic mass is 10.1. The van der Waals surface area contributed by atoms with E-state index in [0.29, 0.717) is 19.8 Å². The van der Waals surface area contributed by atoms with Crippen molar-refractivity contribution in [1.82, 2.24) is 0 Å². The molecule has 30 heavy (non-hydrogen) atoms. The highest BCUT2D eigenvalue weighted by atomic mass is 16.3. The topological polar surface area (TPSA) is 60.7 Å². The van der Waals surface area contributed by atoms with Crippen molar-refractivity contribution in [2.75, 3.05) is 19.8 Å². The smallest absolute Gasteiger partial charge is 0.0431 e. The molecule has 0 unspecified atom stereocenters. The summed E-state index contributed by atoms with van der Waals surface area (Å²) in [5.74, 6) is 0. The Labute approximate surface area is 191 Å². The number of unbranched alkanes of at least 4 members (excludes halogenated alkanes) is 18. The second-order valence-electron chi connectivity index (χ2n) is 8.53. The largest absolute Gasteiger partial charge is 0.396 e. The molecule has 0 aromatic heterocycles. The number of aliphatic hydroxyl groups excluding tert-OH is 3. The minimum Gasteiger partial charge on any atom is -0.396 e. The van der Waals surface area contributed by atoms with Crippen LogP contribution in [-0.2, 0) is 0 Å². The normalized spacial score (nSPS) is 10.2. The Kier molecular flexibility index (Phi) is 45.3. The van der Waals surface area contributed by atoms with Crippen molar-refractivity contribution in [3.8, 4) is 0 Å². The Morgan fingerprint density at radius 1 is 0.267 bits per heavy atom. The van der Waals surface area contributed by atoms with E-state index in [1.165, 1.54) is 116 Å². The van der Waals surface area contributed by atoms with Gasteiger partial charge in [0, 0.05) is 19.8 Å². The van der Waals surface area contributed by atoms with E-state index >= 15 is 0 Å². The first-order valence-corrected chi connectivity index (χ1v) is 13.6. The summed E-state index contributed by atoms with van der Waals surface area (Å²) >= 11 is 0. The predicted octanol–water partition coefficient (Wildman–Crippen LogP) is 8.19. The Morgan fingerprint density at radius 3 is 0.600 bits per heavy atom. The van der Waals surface area contributed by atoms with Gasteiger partial charge in [0.1, 0.15) is 0 Å². The summed E-state index contributed by atoms with van der Waals surface area (Å²) in [6.45, 7) is 7.79. The van der Waals surface area contributed by atoms with Gasteiger partial charge in [0.15, 0.2) is 0 Å². The van der Waals surface area contributed by atoms with Gasteiger partial charge >= 0.3 is 0 Å². The third-order valence-corrected chi connectivity index (χ3v) is 5.29. The van der Waals surface area contributed by atoms with Crippen molar-refractivity contribution >= 4 is 0 Å². The van der Waals surface area contributed by atoms with E-state index in [1.807, 2.05) is 0 Å². The van der Waals surface area contributed by atoms with Crippen molar-refractivity contribution in [3.63, 3.8) is 0 Å². The van der Waals surface area contributed by atoms with Crippen LogP contribution in [0.3, 0.4) is 0 Å². The van der Waals surface area contributed by atoms with Crippen LogP contribution in [0.5, 0.6) is 0 Å². The molecule has 0 bridgehead atoms. The maximum Gasteiger partial charge on any atom is 0.0431 e. The number of aliphatic hydroxyl groups is 3. The second-order valence-corrected chi connectivity index (χ2v) is 8.53. The molecule has 0 saturated heterocycles. The zero-order valence-corrected chi connectivity index (χ0v) is 21.3. The van der Waals surface area contributed by atoms with Crippen molar-refractivity contribution in [3.05, 3.63) is 0 Å². The molecule has 0 aromatic rings. The first-order valence-electron chi connectivity index (χ1n) is 13.6.